The molecule has 0 saturated carbocycles. The third kappa shape index (κ3) is 2.82. The van der Waals surface area contributed by atoms with E-state index in [0.29, 0.717) is 17.3 Å². The quantitative estimate of drug-likeness (QED) is 0.812. The summed E-state index contributed by atoms with van der Waals surface area (Å²) in [6.07, 6.45) is 3.61. The molecule has 3 rings (SSSR count). The summed E-state index contributed by atoms with van der Waals surface area (Å²) in [5, 5.41) is -0.191. The predicted molar refractivity (Wildman–Crippen MR) is 79.7 cm³/mol. The Morgan fingerprint density at radius 3 is 2.86 bits per heavy atom. The first-order valence-corrected chi connectivity index (χ1v) is 7.61. The van der Waals surface area contributed by atoms with Crippen molar-refractivity contribution in [2.75, 3.05) is 20.3 Å². The lowest BCUT2D eigenvalue weighted by molar-refractivity contribution is 0.0613. The van der Waals surface area contributed by atoms with E-state index in [0.717, 1.165) is 44.1 Å². The molecule has 21 heavy (non-hydrogen) atoms. The Bertz CT molecular complexity index is 623. The molecule has 1 unspecified atom stereocenters. The summed E-state index contributed by atoms with van der Waals surface area (Å²) >= 11 is 6.30. The van der Waals surface area contributed by atoms with Crippen LogP contribution in [0.2, 0.25) is 0 Å². The van der Waals surface area contributed by atoms with Gasteiger partial charge in [-0.3, -0.25) is 0 Å². The number of nitrogens with zero attached hydrogens (tertiary/aromatic N) is 4. The van der Waals surface area contributed by atoms with Gasteiger partial charge in [-0.25, -0.2) is 9.97 Å². The van der Waals surface area contributed by atoms with Gasteiger partial charge in [0.25, 0.3) is 0 Å². The number of methoxy groups -OCH3 is 1. The Morgan fingerprint density at radius 1 is 1.43 bits per heavy atom. The Kier molecular flexibility index (Phi) is 4.26. The molecule has 0 amide bonds. The lowest BCUT2D eigenvalue weighted by Crippen LogP contribution is -2.21. The molecule has 2 aromatic rings. The number of hydrogen-bond donors (Lipinski definition) is 0. The second-order valence-corrected chi connectivity index (χ2v) is 5.96. The van der Waals surface area contributed by atoms with Crippen LogP contribution in [0.3, 0.4) is 0 Å². The summed E-state index contributed by atoms with van der Waals surface area (Å²) in [5.74, 6) is 1.87. The van der Waals surface area contributed by atoms with Gasteiger partial charge < -0.3 is 14.0 Å². The van der Waals surface area contributed by atoms with E-state index in [2.05, 4.69) is 19.5 Å². The van der Waals surface area contributed by atoms with E-state index in [1.165, 1.54) is 6.33 Å². The highest BCUT2D eigenvalue weighted by Crippen LogP contribution is 2.29. The van der Waals surface area contributed by atoms with Crippen molar-refractivity contribution in [1.82, 2.24) is 19.5 Å². The van der Waals surface area contributed by atoms with Gasteiger partial charge in [-0.2, -0.15) is 4.98 Å². The highest BCUT2D eigenvalue weighted by Gasteiger charge is 2.22. The average molecular weight is 311 g/mol. The SMILES string of the molecule is COc1ncnc2c1nc(C(C)Cl)n2CC1CCOCC1. The highest BCUT2D eigenvalue weighted by molar-refractivity contribution is 6.20. The smallest absolute Gasteiger partial charge is 0.245 e. The minimum absolute atomic E-state index is 0.191. The molecule has 7 heteroatoms. The summed E-state index contributed by atoms with van der Waals surface area (Å²) in [7, 11) is 1.59. The molecule has 0 radical (unpaired) electrons. The third-order valence-electron chi connectivity index (χ3n) is 3.86. The Labute approximate surface area is 128 Å². The van der Waals surface area contributed by atoms with E-state index in [4.69, 9.17) is 21.1 Å². The highest BCUT2D eigenvalue weighted by atomic mass is 35.5. The number of halogens is 1. The lowest BCUT2D eigenvalue weighted by atomic mass is 10.0. The van der Waals surface area contributed by atoms with Crippen molar-refractivity contribution in [1.29, 1.82) is 0 Å². The molecule has 114 valence electrons. The molecule has 0 N–H and O–H groups in total. The Hall–Kier alpha value is -1.40. The normalized spacial score (nSPS) is 18.0. The fourth-order valence-corrected chi connectivity index (χ4v) is 2.92. The number of fused-ring (bicyclic) bond motifs is 1. The van der Waals surface area contributed by atoms with Gasteiger partial charge >= 0.3 is 0 Å². The Balaban J connectivity index is 2.03. The molecule has 3 heterocycles. The monoisotopic (exact) mass is 310 g/mol. The van der Waals surface area contributed by atoms with E-state index in [1.54, 1.807) is 7.11 Å². The summed E-state index contributed by atoms with van der Waals surface area (Å²) in [5.41, 5.74) is 1.46. The first-order valence-electron chi connectivity index (χ1n) is 7.17. The molecule has 1 aliphatic heterocycles. The van der Waals surface area contributed by atoms with Gasteiger partial charge in [0, 0.05) is 19.8 Å². The van der Waals surface area contributed by atoms with Crippen molar-refractivity contribution in [3.63, 3.8) is 0 Å². The maximum absolute atomic E-state index is 6.30. The van der Waals surface area contributed by atoms with E-state index < -0.39 is 0 Å². The molecule has 0 aromatic carbocycles. The van der Waals surface area contributed by atoms with Gasteiger partial charge in [0.05, 0.1) is 12.5 Å². The summed E-state index contributed by atoms with van der Waals surface area (Å²) < 4.78 is 12.8. The fraction of sp³-hybridized carbons (Fsp3) is 0.643. The zero-order valence-electron chi connectivity index (χ0n) is 12.3. The molecule has 6 nitrogen and oxygen atoms in total. The minimum Gasteiger partial charge on any atom is -0.479 e. The molecule has 0 bridgehead atoms. The van der Waals surface area contributed by atoms with Crippen LogP contribution in [0.1, 0.15) is 31.0 Å². The van der Waals surface area contributed by atoms with Crippen molar-refractivity contribution in [3.8, 4) is 5.88 Å². The van der Waals surface area contributed by atoms with Crippen LogP contribution in [0.5, 0.6) is 5.88 Å². The van der Waals surface area contributed by atoms with E-state index in [-0.39, 0.29) is 5.38 Å². The van der Waals surface area contributed by atoms with Crippen LogP contribution < -0.4 is 4.74 Å². The van der Waals surface area contributed by atoms with Crippen LogP contribution in [-0.2, 0) is 11.3 Å². The van der Waals surface area contributed by atoms with Gasteiger partial charge in [-0.05, 0) is 25.7 Å². The molecule has 1 atom stereocenters. The second-order valence-electron chi connectivity index (χ2n) is 5.31. The number of alkyl halides is 1. The van der Waals surface area contributed by atoms with Crippen molar-refractivity contribution in [2.24, 2.45) is 5.92 Å². The number of hydrogen-bond acceptors (Lipinski definition) is 5. The van der Waals surface area contributed by atoms with E-state index >= 15 is 0 Å². The van der Waals surface area contributed by atoms with Crippen molar-refractivity contribution < 1.29 is 9.47 Å². The average Bonchev–Trinajstić information content (AvgIpc) is 2.87. The van der Waals surface area contributed by atoms with Gasteiger partial charge in [-0.15, -0.1) is 11.6 Å². The molecular formula is C14H19ClN4O2. The minimum atomic E-state index is -0.191. The van der Waals surface area contributed by atoms with Gasteiger partial charge in [0.15, 0.2) is 11.2 Å². The fourth-order valence-electron chi connectivity index (χ4n) is 2.75. The molecule has 1 aliphatic rings. The van der Waals surface area contributed by atoms with Gasteiger partial charge in [0.2, 0.25) is 5.88 Å². The number of rotatable bonds is 4. The Morgan fingerprint density at radius 2 is 2.19 bits per heavy atom. The van der Waals surface area contributed by atoms with E-state index in [1.807, 2.05) is 6.92 Å². The van der Waals surface area contributed by atoms with Crippen LogP contribution in [0.25, 0.3) is 11.2 Å². The maximum Gasteiger partial charge on any atom is 0.245 e. The second kappa shape index (κ2) is 6.15. The number of imidazole rings is 1. The first kappa shape index (κ1) is 14.5. The molecule has 0 spiro atoms. The summed E-state index contributed by atoms with van der Waals surface area (Å²) in [4.78, 5) is 13.1. The van der Waals surface area contributed by atoms with E-state index in [9.17, 15) is 0 Å². The molecule has 1 saturated heterocycles. The van der Waals surface area contributed by atoms with Crippen molar-refractivity contribution >= 4 is 22.8 Å². The third-order valence-corrected chi connectivity index (χ3v) is 4.05. The maximum atomic E-state index is 6.30. The molecular weight excluding hydrogens is 292 g/mol. The summed E-state index contributed by atoms with van der Waals surface area (Å²) in [6, 6.07) is 0. The van der Waals surface area contributed by atoms with Gasteiger partial charge in [0.1, 0.15) is 12.2 Å². The molecule has 1 fully saturated rings. The molecule has 0 aliphatic carbocycles. The van der Waals surface area contributed by atoms with Crippen LogP contribution >= 0.6 is 11.6 Å². The van der Waals surface area contributed by atoms with Crippen LogP contribution in [0.4, 0.5) is 0 Å². The van der Waals surface area contributed by atoms with Crippen LogP contribution in [0.15, 0.2) is 6.33 Å². The van der Waals surface area contributed by atoms with Crippen LogP contribution in [0, 0.1) is 5.92 Å². The topological polar surface area (TPSA) is 62.1 Å². The van der Waals surface area contributed by atoms with Crippen LogP contribution in [-0.4, -0.2) is 39.8 Å². The summed E-state index contributed by atoms with van der Waals surface area (Å²) in [6.45, 7) is 4.41. The number of aromatic nitrogens is 4. The standard InChI is InChI=1S/C14H19ClN4O2/c1-9(15)12-18-11-13(16-8-17-14(11)20-2)19(12)7-10-3-5-21-6-4-10/h8-10H,3-7H2,1-2H3. The van der Waals surface area contributed by atoms with Crippen molar-refractivity contribution in [3.05, 3.63) is 12.2 Å². The van der Waals surface area contributed by atoms with Gasteiger partial charge in [-0.1, -0.05) is 0 Å². The lowest BCUT2D eigenvalue weighted by Gasteiger charge is -2.23. The number of ether oxygens (including phenoxy) is 2. The predicted octanol–water partition coefficient (Wildman–Crippen LogP) is 2.56. The zero-order valence-corrected chi connectivity index (χ0v) is 13.0. The zero-order chi connectivity index (χ0) is 14.8. The molecule has 2 aromatic heterocycles. The largest absolute Gasteiger partial charge is 0.479 e. The van der Waals surface area contributed by atoms with Crippen molar-refractivity contribution in [2.45, 2.75) is 31.7 Å². The first-order chi connectivity index (χ1) is 10.2.